The van der Waals surface area contributed by atoms with Crippen molar-refractivity contribution in [1.29, 1.82) is 0 Å². The van der Waals surface area contributed by atoms with E-state index in [2.05, 4.69) is 5.32 Å². The number of ether oxygens (including phenoxy) is 3. The van der Waals surface area contributed by atoms with Crippen LogP contribution in [0.15, 0.2) is 47.4 Å². The van der Waals surface area contributed by atoms with Crippen LogP contribution in [0.5, 0.6) is 17.2 Å². The molecule has 8 nitrogen and oxygen atoms in total. The summed E-state index contributed by atoms with van der Waals surface area (Å²) in [6.45, 7) is 2.90. The molecule has 1 atom stereocenters. The van der Waals surface area contributed by atoms with Crippen molar-refractivity contribution in [2.75, 3.05) is 33.9 Å². The molecule has 1 aliphatic rings. The van der Waals surface area contributed by atoms with Gasteiger partial charge in [0.25, 0.3) is 5.91 Å². The maximum atomic E-state index is 13.3. The molecule has 9 heteroatoms. The maximum Gasteiger partial charge on any atom is 0.251 e. The Bertz CT molecular complexity index is 1020. The third-order valence-electron chi connectivity index (χ3n) is 5.47. The smallest absolute Gasteiger partial charge is 0.251 e. The number of carbonyl (C=O) groups is 1. The third kappa shape index (κ3) is 5.52. The predicted octanol–water partition coefficient (Wildman–Crippen LogP) is 3.08. The van der Waals surface area contributed by atoms with Crippen LogP contribution in [0.3, 0.4) is 0 Å². The highest BCUT2D eigenvalue weighted by atomic mass is 32.2. The van der Waals surface area contributed by atoms with Gasteiger partial charge in [-0.15, -0.1) is 0 Å². The monoisotopic (exact) mass is 462 g/mol. The molecule has 1 heterocycles. The Hall–Kier alpha value is -2.78. The van der Waals surface area contributed by atoms with Gasteiger partial charge < -0.3 is 19.5 Å². The number of nitrogens with zero attached hydrogens (tertiary/aromatic N) is 1. The topological polar surface area (TPSA) is 94.2 Å². The quantitative estimate of drug-likeness (QED) is 0.576. The highest BCUT2D eigenvalue weighted by molar-refractivity contribution is 7.89. The molecular weight excluding hydrogens is 432 g/mol. The number of rotatable bonds is 9. The van der Waals surface area contributed by atoms with Crippen LogP contribution in [0, 0.1) is 0 Å². The van der Waals surface area contributed by atoms with Gasteiger partial charge in [0, 0.05) is 18.2 Å². The Morgan fingerprint density at radius 3 is 2.44 bits per heavy atom. The van der Waals surface area contributed by atoms with Crippen LogP contribution in [0.1, 0.15) is 36.5 Å². The van der Waals surface area contributed by atoms with Crippen molar-refractivity contribution in [3.05, 3.63) is 48.0 Å². The van der Waals surface area contributed by atoms with Gasteiger partial charge in [0.15, 0.2) is 0 Å². The Labute approximate surface area is 189 Å². The van der Waals surface area contributed by atoms with E-state index in [1.165, 1.54) is 23.5 Å². The highest BCUT2D eigenvalue weighted by Crippen LogP contribution is 2.31. The lowest BCUT2D eigenvalue weighted by atomic mass is 10.1. The van der Waals surface area contributed by atoms with Gasteiger partial charge in [0.2, 0.25) is 10.0 Å². The van der Waals surface area contributed by atoms with Gasteiger partial charge in [-0.25, -0.2) is 8.42 Å². The molecular formula is C23H30N2O6S. The highest BCUT2D eigenvalue weighted by Gasteiger charge is 2.33. The summed E-state index contributed by atoms with van der Waals surface area (Å²) in [5.41, 5.74) is 0.249. The van der Waals surface area contributed by atoms with Crippen LogP contribution in [0.25, 0.3) is 0 Å². The number of sulfonamides is 1. The van der Waals surface area contributed by atoms with Gasteiger partial charge in [-0.2, -0.15) is 4.31 Å². The van der Waals surface area contributed by atoms with Crippen molar-refractivity contribution < 1.29 is 27.4 Å². The van der Waals surface area contributed by atoms with E-state index >= 15 is 0 Å². The molecule has 1 amide bonds. The van der Waals surface area contributed by atoms with E-state index in [0.29, 0.717) is 12.3 Å². The zero-order chi connectivity index (χ0) is 23.1. The molecule has 0 radical (unpaired) electrons. The van der Waals surface area contributed by atoms with Gasteiger partial charge in [-0.05, 0) is 62.2 Å². The zero-order valence-corrected chi connectivity index (χ0v) is 19.5. The Balaban J connectivity index is 1.66. The largest absolute Gasteiger partial charge is 0.497 e. The predicted molar refractivity (Wildman–Crippen MR) is 121 cm³/mol. The number of methoxy groups -OCH3 is 2. The molecule has 0 bridgehead atoms. The van der Waals surface area contributed by atoms with Gasteiger partial charge in [-0.3, -0.25) is 4.79 Å². The number of nitrogens with one attached hydrogen (secondary N) is 1. The Morgan fingerprint density at radius 1 is 1.06 bits per heavy atom. The van der Waals surface area contributed by atoms with Crippen LogP contribution < -0.4 is 19.5 Å². The van der Waals surface area contributed by atoms with Gasteiger partial charge in [-0.1, -0.05) is 6.42 Å². The first-order valence-corrected chi connectivity index (χ1v) is 12.1. The minimum absolute atomic E-state index is 0.0101. The molecule has 1 aliphatic heterocycles. The summed E-state index contributed by atoms with van der Waals surface area (Å²) < 4.78 is 44.1. The standard InChI is InChI=1S/C23H30N2O6S/c1-17-6-4-5-14-25(17)32(27,28)22-16-18(7-12-21(22)30-3)23(26)24-13-15-31-20-10-8-19(29-2)9-11-20/h7-12,16-17H,4-6,13-15H2,1-3H3,(H,24,26). The molecule has 2 aromatic rings. The molecule has 1 fully saturated rings. The minimum Gasteiger partial charge on any atom is -0.497 e. The normalized spacial score (nSPS) is 16.9. The van der Waals surface area contributed by atoms with Gasteiger partial charge in [0.05, 0.1) is 20.8 Å². The Kier molecular flexibility index (Phi) is 7.98. The average molecular weight is 463 g/mol. The fourth-order valence-corrected chi connectivity index (χ4v) is 5.56. The van der Waals surface area contributed by atoms with E-state index < -0.39 is 10.0 Å². The number of hydrogen-bond acceptors (Lipinski definition) is 6. The van der Waals surface area contributed by atoms with Crippen molar-refractivity contribution >= 4 is 15.9 Å². The molecule has 32 heavy (non-hydrogen) atoms. The fraction of sp³-hybridized carbons (Fsp3) is 0.435. The number of piperidine rings is 1. The second-order valence-corrected chi connectivity index (χ2v) is 9.47. The lowest BCUT2D eigenvalue weighted by molar-refractivity contribution is 0.0946. The summed E-state index contributed by atoms with van der Waals surface area (Å²) in [5, 5.41) is 2.76. The number of hydrogen-bond donors (Lipinski definition) is 1. The SMILES string of the molecule is COc1ccc(OCCNC(=O)c2ccc(OC)c(S(=O)(=O)N3CCCCC3C)c2)cc1. The molecule has 3 rings (SSSR count). The van der Waals surface area contributed by atoms with Crippen LogP contribution in [0.4, 0.5) is 0 Å². The van der Waals surface area contributed by atoms with E-state index in [-0.39, 0.29) is 41.3 Å². The van der Waals surface area contributed by atoms with Crippen LogP contribution in [-0.2, 0) is 10.0 Å². The van der Waals surface area contributed by atoms with E-state index in [1.807, 2.05) is 6.92 Å². The average Bonchev–Trinajstić information content (AvgIpc) is 2.81. The summed E-state index contributed by atoms with van der Waals surface area (Å²) in [7, 11) is -0.771. The lowest BCUT2D eigenvalue weighted by Gasteiger charge is -2.32. The van der Waals surface area contributed by atoms with Crippen molar-refractivity contribution in [2.45, 2.75) is 37.1 Å². The van der Waals surface area contributed by atoms with Crippen molar-refractivity contribution in [1.82, 2.24) is 9.62 Å². The summed E-state index contributed by atoms with van der Waals surface area (Å²) in [6.07, 6.45) is 2.64. The third-order valence-corrected chi connectivity index (χ3v) is 7.51. The zero-order valence-electron chi connectivity index (χ0n) is 18.7. The van der Waals surface area contributed by atoms with E-state index in [1.54, 1.807) is 37.4 Å². The summed E-state index contributed by atoms with van der Waals surface area (Å²) in [6, 6.07) is 11.5. The molecule has 0 saturated carbocycles. The molecule has 2 aromatic carbocycles. The molecule has 174 valence electrons. The molecule has 0 aliphatic carbocycles. The second-order valence-electron chi connectivity index (χ2n) is 7.61. The van der Waals surface area contributed by atoms with Crippen LogP contribution in [0.2, 0.25) is 0 Å². The molecule has 1 unspecified atom stereocenters. The van der Waals surface area contributed by atoms with Crippen molar-refractivity contribution in [2.24, 2.45) is 0 Å². The minimum atomic E-state index is -3.78. The van der Waals surface area contributed by atoms with E-state index in [9.17, 15) is 13.2 Å². The van der Waals surface area contributed by atoms with Gasteiger partial charge >= 0.3 is 0 Å². The first kappa shape index (κ1) is 23.9. The summed E-state index contributed by atoms with van der Waals surface area (Å²) in [4.78, 5) is 12.6. The summed E-state index contributed by atoms with van der Waals surface area (Å²) >= 11 is 0. The van der Waals surface area contributed by atoms with Crippen LogP contribution >= 0.6 is 0 Å². The number of carbonyl (C=O) groups excluding carboxylic acids is 1. The maximum absolute atomic E-state index is 13.3. The second kappa shape index (κ2) is 10.7. The van der Waals surface area contributed by atoms with E-state index in [4.69, 9.17) is 14.2 Å². The van der Waals surface area contributed by atoms with Crippen molar-refractivity contribution in [3.63, 3.8) is 0 Å². The summed E-state index contributed by atoms with van der Waals surface area (Å²) in [5.74, 6) is 1.24. The van der Waals surface area contributed by atoms with Gasteiger partial charge in [0.1, 0.15) is 28.8 Å². The first-order chi connectivity index (χ1) is 15.4. The molecule has 1 saturated heterocycles. The molecule has 1 N–H and O–H groups in total. The fourth-order valence-electron chi connectivity index (χ4n) is 3.68. The van der Waals surface area contributed by atoms with Crippen molar-refractivity contribution in [3.8, 4) is 17.2 Å². The van der Waals surface area contributed by atoms with E-state index in [0.717, 1.165) is 25.0 Å². The van der Waals surface area contributed by atoms with Crippen LogP contribution in [-0.4, -0.2) is 58.6 Å². The first-order valence-electron chi connectivity index (χ1n) is 10.6. The molecule has 0 spiro atoms. The number of benzene rings is 2. The lowest BCUT2D eigenvalue weighted by Crippen LogP contribution is -2.42. The Morgan fingerprint density at radius 2 is 1.78 bits per heavy atom. The number of amides is 1. The molecule has 0 aromatic heterocycles.